The molecule has 0 radical (unpaired) electrons. The number of rotatable bonds is 1. The highest BCUT2D eigenvalue weighted by Crippen LogP contribution is 2.57. The number of nitrogens with zero attached hydrogens (tertiary/aromatic N) is 3. The Balaban J connectivity index is 2.21. The number of aromatic carboxylic acids is 1. The van der Waals surface area contributed by atoms with Crippen molar-refractivity contribution >= 4 is 11.8 Å². The Morgan fingerprint density at radius 2 is 2.09 bits per heavy atom. The monoisotopic (exact) mass is 315 g/mol. The zero-order valence-electron chi connectivity index (χ0n) is 13.9. The van der Waals surface area contributed by atoms with Crippen LogP contribution >= 0.6 is 0 Å². The second-order valence-electron chi connectivity index (χ2n) is 7.59. The van der Waals surface area contributed by atoms with Gasteiger partial charge in [0.15, 0.2) is 5.78 Å². The molecule has 122 valence electrons. The highest BCUT2D eigenvalue weighted by Gasteiger charge is 2.58. The van der Waals surface area contributed by atoms with Crippen LogP contribution in [0.15, 0.2) is 0 Å². The number of hydrogen-bond acceptors (Lipinski definition) is 4. The minimum atomic E-state index is -0.980. The van der Waals surface area contributed by atoms with E-state index in [1.807, 2.05) is 20.8 Å². The summed E-state index contributed by atoms with van der Waals surface area (Å²) in [5.41, 5.74) is 0.695. The van der Waals surface area contributed by atoms with E-state index in [0.717, 1.165) is 17.7 Å². The molecule has 1 N–H and O–H groups in total. The number of carboxylic acids is 1. The van der Waals surface area contributed by atoms with E-state index in [2.05, 4.69) is 11.2 Å². The molecule has 1 heterocycles. The summed E-state index contributed by atoms with van der Waals surface area (Å²) in [7, 11) is 1.64. The minimum Gasteiger partial charge on any atom is -0.477 e. The first-order chi connectivity index (χ1) is 10.6. The highest BCUT2D eigenvalue weighted by molar-refractivity contribution is 5.91. The molecule has 3 unspecified atom stereocenters. The fourth-order valence-corrected chi connectivity index (χ4v) is 4.94. The molecule has 0 saturated heterocycles. The minimum absolute atomic E-state index is 0.000291. The van der Waals surface area contributed by atoms with Gasteiger partial charge in [0.1, 0.15) is 11.6 Å². The topological polar surface area (TPSA) is 96.0 Å². The number of hydrogen-bond donors (Lipinski definition) is 1. The summed E-state index contributed by atoms with van der Waals surface area (Å²) in [6, 6.07) is 2.14. The van der Waals surface area contributed by atoms with Gasteiger partial charge in [-0.15, -0.1) is 0 Å². The second kappa shape index (κ2) is 4.67. The SMILES string of the molecule is Cn1nc2c(c1C(=O)O)CCC1C(C)(C)C(=O)C(C#N)CC21C. The van der Waals surface area contributed by atoms with Gasteiger partial charge in [0, 0.05) is 23.4 Å². The van der Waals surface area contributed by atoms with E-state index in [1.165, 1.54) is 4.68 Å². The Bertz CT molecular complexity index is 756. The zero-order chi connectivity index (χ0) is 17.2. The number of carboxylic acid groups (broad SMARTS) is 1. The molecule has 6 nitrogen and oxygen atoms in total. The Labute approximate surface area is 135 Å². The molecule has 0 aromatic carbocycles. The maximum absolute atomic E-state index is 12.6. The number of aryl methyl sites for hydroxylation is 1. The van der Waals surface area contributed by atoms with E-state index in [-0.39, 0.29) is 17.4 Å². The Hall–Kier alpha value is -2.16. The lowest BCUT2D eigenvalue weighted by molar-refractivity contribution is -0.140. The molecular weight excluding hydrogens is 294 g/mol. The van der Waals surface area contributed by atoms with Crippen LogP contribution in [0.2, 0.25) is 0 Å². The molecule has 0 spiro atoms. The maximum Gasteiger partial charge on any atom is 0.354 e. The molecule has 2 aliphatic rings. The van der Waals surface area contributed by atoms with E-state index in [9.17, 15) is 20.0 Å². The predicted molar refractivity (Wildman–Crippen MR) is 81.8 cm³/mol. The van der Waals surface area contributed by atoms with Crippen molar-refractivity contribution in [1.29, 1.82) is 5.26 Å². The van der Waals surface area contributed by atoms with Gasteiger partial charge in [-0.3, -0.25) is 9.48 Å². The molecule has 2 aliphatic carbocycles. The number of aromatic nitrogens is 2. The van der Waals surface area contributed by atoms with Crippen LogP contribution in [0.5, 0.6) is 0 Å². The van der Waals surface area contributed by atoms with Crippen molar-refractivity contribution in [2.75, 3.05) is 0 Å². The first-order valence-corrected chi connectivity index (χ1v) is 7.88. The summed E-state index contributed by atoms with van der Waals surface area (Å²) in [5, 5.41) is 23.4. The first kappa shape index (κ1) is 15.7. The van der Waals surface area contributed by atoms with Crippen LogP contribution in [0, 0.1) is 28.6 Å². The van der Waals surface area contributed by atoms with Crippen LogP contribution in [0.4, 0.5) is 0 Å². The van der Waals surface area contributed by atoms with Crippen LogP contribution in [-0.2, 0) is 23.7 Å². The summed E-state index contributed by atoms with van der Waals surface area (Å²) < 4.78 is 1.42. The van der Waals surface area contributed by atoms with Crippen LogP contribution in [0.1, 0.15) is 55.4 Å². The van der Waals surface area contributed by atoms with Gasteiger partial charge in [-0.05, 0) is 25.2 Å². The number of carbonyl (C=O) groups excluding carboxylic acids is 1. The molecule has 3 atom stereocenters. The van der Waals surface area contributed by atoms with Crippen molar-refractivity contribution in [2.45, 2.75) is 45.4 Å². The fraction of sp³-hybridized carbons (Fsp3) is 0.647. The van der Waals surface area contributed by atoms with E-state index < -0.39 is 22.7 Å². The molecule has 6 heteroatoms. The number of Topliss-reactive ketones (excluding diaryl/α,β-unsaturated/α-hetero) is 1. The molecule has 1 aromatic heterocycles. The van der Waals surface area contributed by atoms with E-state index in [1.54, 1.807) is 7.05 Å². The molecule has 0 bridgehead atoms. The smallest absolute Gasteiger partial charge is 0.354 e. The molecule has 3 rings (SSSR count). The fourth-order valence-electron chi connectivity index (χ4n) is 4.94. The van der Waals surface area contributed by atoms with Crippen molar-refractivity contribution < 1.29 is 14.7 Å². The summed E-state index contributed by atoms with van der Waals surface area (Å²) in [5.74, 6) is -1.57. The quantitative estimate of drug-likeness (QED) is 0.856. The van der Waals surface area contributed by atoms with Gasteiger partial charge in [-0.1, -0.05) is 20.8 Å². The standard InChI is InChI=1S/C17H21N3O3/c1-16(2)11-6-5-10-12(15(22)23)20(4)19-13(10)17(11,3)7-9(8-18)14(16)21/h9,11H,5-7H2,1-4H3,(H,22,23). The van der Waals surface area contributed by atoms with E-state index in [0.29, 0.717) is 12.8 Å². The van der Waals surface area contributed by atoms with Gasteiger partial charge in [0.25, 0.3) is 0 Å². The van der Waals surface area contributed by atoms with Gasteiger partial charge in [0.05, 0.1) is 11.8 Å². The van der Waals surface area contributed by atoms with Gasteiger partial charge < -0.3 is 5.11 Å². The average Bonchev–Trinajstić information content (AvgIpc) is 2.80. The van der Waals surface area contributed by atoms with Crippen LogP contribution < -0.4 is 0 Å². The molecule has 1 aromatic rings. The van der Waals surface area contributed by atoms with Crippen molar-refractivity contribution in [1.82, 2.24) is 9.78 Å². The van der Waals surface area contributed by atoms with Gasteiger partial charge in [-0.25, -0.2) is 4.79 Å². The zero-order valence-corrected chi connectivity index (χ0v) is 13.9. The third-order valence-corrected chi connectivity index (χ3v) is 5.95. The third kappa shape index (κ3) is 1.89. The molecular formula is C17H21N3O3. The molecule has 0 aliphatic heterocycles. The van der Waals surface area contributed by atoms with Crippen molar-refractivity contribution in [2.24, 2.45) is 24.3 Å². The van der Waals surface area contributed by atoms with Gasteiger partial charge in [0.2, 0.25) is 0 Å². The molecule has 23 heavy (non-hydrogen) atoms. The number of carbonyl (C=O) groups is 2. The van der Waals surface area contributed by atoms with E-state index >= 15 is 0 Å². The number of fused-ring (bicyclic) bond motifs is 3. The van der Waals surface area contributed by atoms with E-state index in [4.69, 9.17) is 0 Å². The highest BCUT2D eigenvalue weighted by atomic mass is 16.4. The average molecular weight is 315 g/mol. The molecule has 1 fully saturated rings. The lowest BCUT2D eigenvalue weighted by Gasteiger charge is -2.52. The van der Waals surface area contributed by atoms with Crippen molar-refractivity contribution in [3.05, 3.63) is 17.0 Å². The third-order valence-electron chi connectivity index (χ3n) is 5.95. The Kier molecular flexibility index (Phi) is 3.19. The van der Waals surface area contributed by atoms with Crippen LogP contribution in [0.25, 0.3) is 0 Å². The lowest BCUT2D eigenvalue weighted by atomic mass is 9.49. The maximum atomic E-state index is 12.6. The van der Waals surface area contributed by atoms with Crippen LogP contribution in [0.3, 0.4) is 0 Å². The predicted octanol–water partition coefficient (Wildman–Crippen LogP) is 2.08. The normalized spacial score (nSPS) is 31.9. The largest absolute Gasteiger partial charge is 0.477 e. The number of ketones is 1. The lowest BCUT2D eigenvalue weighted by Crippen LogP contribution is -2.55. The summed E-state index contributed by atoms with van der Waals surface area (Å²) in [6.45, 7) is 5.86. The summed E-state index contributed by atoms with van der Waals surface area (Å²) in [6.07, 6.45) is 1.77. The van der Waals surface area contributed by atoms with Crippen molar-refractivity contribution in [3.63, 3.8) is 0 Å². The summed E-state index contributed by atoms with van der Waals surface area (Å²) >= 11 is 0. The van der Waals surface area contributed by atoms with Crippen LogP contribution in [-0.4, -0.2) is 26.6 Å². The first-order valence-electron chi connectivity index (χ1n) is 7.88. The second-order valence-corrected chi connectivity index (χ2v) is 7.59. The van der Waals surface area contributed by atoms with Gasteiger partial charge in [-0.2, -0.15) is 10.4 Å². The number of nitriles is 1. The van der Waals surface area contributed by atoms with Crippen molar-refractivity contribution in [3.8, 4) is 6.07 Å². The Morgan fingerprint density at radius 3 is 2.65 bits per heavy atom. The summed E-state index contributed by atoms with van der Waals surface area (Å²) in [4.78, 5) is 24.2. The molecule has 0 amide bonds. The molecule has 1 saturated carbocycles. The Morgan fingerprint density at radius 1 is 1.43 bits per heavy atom. The van der Waals surface area contributed by atoms with Gasteiger partial charge >= 0.3 is 5.97 Å².